The van der Waals surface area contributed by atoms with Crippen LogP contribution in [0.15, 0.2) is 18.2 Å². The molecule has 1 aromatic rings. The standard InChI is InChI=1S/C16H26N2O2/c1-13-5-6-16(20-14(2)12-19-3)15(11-13)18-9-4-7-17-8-10-18/h5-6,11,14,17H,4,7-10,12H2,1-3H3. The van der Waals surface area contributed by atoms with Gasteiger partial charge in [0.05, 0.1) is 12.3 Å². The molecule has 4 heteroatoms. The molecule has 1 fully saturated rings. The van der Waals surface area contributed by atoms with Gasteiger partial charge >= 0.3 is 0 Å². The second-order valence-corrected chi connectivity index (χ2v) is 5.45. The minimum Gasteiger partial charge on any atom is -0.486 e. The van der Waals surface area contributed by atoms with Crippen LogP contribution in [0.4, 0.5) is 5.69 Å². The highest BCUT2D eigenvalue weighted by molar-refractivity contribution is 5.60. The van der Waals surface area contributed by atoms with E-state index in [4.69, 9.17) is 9.47 Å². The van der Waals surface area contributed by atoms with Gasteiger partial charge in [0.25, 0.3) is 0 Å². The minimum absolute atomic E-state index is 0.0616. The van der Waals surface area contributed by atoms with Gasteiger partial charge in [-0.15, -0.1) is 0 Å². The number of benzene rings is 1. The third kappa shape index (κ3) is 4.12. The molecule has 1 heterocycles. The summed E-state index contributed by atoms with van der Waals surface area (Å²) in [5.74, 6) is 0.960. The topological polar surface area (TPSA) is 33.7 Å². The van der Waals surface area contributed by atoms with E-state index >= 15 is 0 Å². The van der Waals surface area contributed by atoms with Crippen molar-refractivity contribution in [3.8, 4) is 5.75 Å². The van der Waals surface area contributed by atoms with Gasteiger partial charge in [0.15, 0.2) is 0 Å². The molecule has 0 spiro atoms. The third-order valence-electron chi connectivity index (χ3n) is 3.52. The first-order chi connectivity index (χ1) is 9.70. The number of nitrogens with zero attached hydrogens (tertiary/aromatic N) is 1. The quantitative estimate of drug-likeness (QED) is 0.895. The van der Waals surface area contributed by atoms with Gasteiger partial charge in [-0.05, 0) is 44.5 Å². The monoisotopic (exact) mass is 278 g/mol. The largest absolute Gasteiger partial charge is 0.486 e. The van der Waals surface area contributed by atoms with Gasteiger partial charge in [-0.2, -0.15) is 0 Å². The molecule has 0 radical (unpaired) electrons. The Bertz CT molecular complexity index is 415. The van der Waals surface area contributed by atoms with Crippen molar-refractivity contribution in [3.63, 3.8) is 0 Å². The average molecular weight is 278 g/mol. The third-order valence-corrected chi connectivity index (χ3v) is 3.52. The SMILES string of the molecule is COCC(C)Oc1ccc(C)cc1N1CCCNCC1. The molecular weight excluding hydrogens is 252 g/mol. The summed E-state index contributed by atoms with van der Waals surface area (Å²) in [7, 11) is 1.70. The van der Waals surface area contributed by atoms with Crippen LogP contribution in [0.2, 0.25) is 0 Å². The van der Waals surface area contributed by atoms with Gasteiger partial charge in [0.2, 0.25) is 0 Å². The molecule has 1 saturated heterocycles. The average Bonchev–Trinajstić information content (AvgIpc) is 2.70. The Balaban J connectivity index is 2.18. The van der Waals surface area contributed by atoms with E-state index in [0.717, 1.165) is 31.9 Å². The maximum absolute atomic E-state index is 6.05. The highest BCUT2D eigenvalue weighted by Gasteiger charge is 2.16. The Morgan fingerprint density at radius 3 is 2.95 bits per heavy atom. The zero-order valence-electron chi connectivity index (χ0n) is 12.8. The van der Waals surface area contributed by atoms with E-state index in [0.29, 0.717) is 6.61 Å². The fraction of sp³-hybridized carbons (Fsp3) is 0.625. The summed E-state index contributed by atoms with van der Waals surface area (Å²) in [6.45, 7) is 9.00. The Morgan fingerprint density at radius 2 is 2.15 bits per heavy atom. The lowest BCUT2D eigenvalue weighted by atomic mass is 10.2. The number of methoxy groups -OCH3 is 1. The van der Waals surface area contributed by atoms with Crippen molar-refractivity contribution in [2.24, 2.45) is 0 Å². The van der Waals surface area contributed by atoms with Gasteiger partial charge < -0.3 is 19.7 Å². The van der Waals surface area contributed by atoms with Crippen LogP contribution in [0.5, 0.6) is 5.75 Å². The van der Waals surface area contributed by atoms with Crippen LogP contribution in [0.3, 0.4) is 0 Å². The van der Waals surface area contributed by atoms with Crippen molar-refractivity contribution >= 4 is 5.69 Å². The first-order valence-corrected chi connectivity index (χ1v) is 7.42. The Labute approximate surface area is 122 Å². The van der Waals surface area contributed by atoms with Crippen LogP contribution in [0.25, 0.3) is 0 Å². The molecule has 0 aromatic heterocycles. The summed E-state index contributed by atoms with van der Waals surface area (Å²) in [6, 6.07) is 6.41. The van der Waals surface area contributed by atoms with Crippen LogP contribution < -0.4 is 15.0 Å². The van der Waals surface area contributed by atoms with Gasteiger partial charge in [-0.3, -0.25) is 0 Å². The number of rotatable bonds is 5. The molecule has 1 aliphatic rings. The summed E-state index contributed by atoms with van der Waals surface area (Å²) in [4.78, 5) is 2.42. The van der Waals surface area contributed by atoms with Crippen LogP contribution >= 0.6 is 0 Å². The second-order valence-electron chi connectivity index (χ2n) is 5.45. The lowest BCUT2D eigenvalue weighted by Gasteiger charge is -2.26. The van der Waals surface area contributed by atoms with Gasteiger partial charge in [-0.1, -0.05) is 6.07 Å². The van der Waals surface area contributed by atoms with Crippen LogP contribution in [0, 0.1) is 6.92 Å². The summed E-state index contributed by atoms with van der Waals surface area (Å²) in [6.07, 6.45) is 1.23. The van der Waals surface area contributed by atoms with Crippen molar-refractivity contribution in [2.75, 3.05) is 44.8 Å². The van der Waals surface area contributed by atoms with E-state index < -0.39 is 0 Å². The van der Waals surface area contributed by atoms with E-state index in [-0.39, 0.29) is 6.10 Å². The summed E-state index contributed by atoms with van der Waals surface area (Å²) < 4.78 is 11.2. The number of ether oxygens (including phenoxy) is 2. The van der Waals surface area contributed by atoms with E-state index in [1.54, 1.807) is 7.11 Å². The molecule has 0 bridgehead atoms. The molecule has 0 saturated carbocycles. The van der Waals surface area contributed by atoms with Crippen molar-refractivity contribution in [2.45, 2.75) is 26.4 Å². The number of hydrogen-bond donors (Lipinski definition) is 1. The van der Waals surface area contributed by atoms with E-state index in [2.05, 4.69) is 35.3 Å². The van der Waals surface area contributed by atoms with E-state index in [1.165, 1.54) is 17.7 Å². The van der Waals surface area contributed by atoms with Gasteiger partial charge in [0.1, 0.15) is 11.9 Å². The predicted molar refractivity (Wildman–Crippen MR) is 82.8 cm³/mol. The van der Waals surface area contributed by atoms with Crippen molar-refractivity contribution in [3.05, 3.63) is 23.8 Å². The molecule has 20 heavy (non-hydrogen) atoms. The molecule has 1 aliphatic heterocycles. The Hall–Kier alpha value is -1.26. The number of aryl methyl sites for hydroxylation is 1. The van der Waals surface area contributed by atoms with Gasteiger partial charge in [0, 0.05) is 26.7 Å². The smallest absolute Gasteiger partial charge is 0.143 e. The molecule has 0 amide bonds. The van der Waals surface area contributed by atoms with Crippen molar-refractivity contribution < 1.29 is 9.47 Å². The molecule has 0 aliphatic carbocycles. The minimum atomic E-state index is 0.0616. The summed E-state index contributed by atoms with van der Waals surface area (Å²) in [5, 5.41) is 3.44. The number of anilines is 1. The highest BCUT2D eigenvalue weighted by Crippen LogP contribution is 2.30. The summed E-state index contributed by atoms with van der Waals surface area (Å²) in [5.41, 5.74) is 2.47. The zero-order chi connectivity index (χ0) is 14.4. The predicted octanol–water partition coefficient (Wildman–Crippen LogP) is 2.21. The Morgan fingerprint density at radius 1 is 1.30 bits per heavy atom. The molecule has 1 N–H and O–H groups in total. The molecule has 1 atom stereocenters. The molecular formula is C16H26N2O2. The second kappa shape index (κ2) is 7.50. The maximum Gasteiger partial charge on any atom is 0.143 e. The number of hydrogen-bond acceptors (Lipinski definition) is 4. The lowest BCUT2D eigenvalue weighted by Crippen LogP contribution is -2.29. The van der Waals surface area contributed by atoms with E-state index in [1.807, 2.05) is 6.92 Å². The molecule has 4 nitrogen and oxygen atoms in total. The maximum atomic E-state index is 6.05. The molecule has 1 aromatic carbocycles. The fourth-order valence-electron chi connectivity index (χ4n) is 2.55. The summed E-state index contributed by atoms with van der Waals surface area (Å²) >= 11 is 0. The van der Waals surface area contributed by atoms with Crippen molar-refractivity contribution in [1.82, 2.24) is 5.32 Å². The normalized spacial score (nSPS) is 17.6. The lowest BCUT2D eigenvalue weighted by molar-refractivity contribution is 0.0923. The fourth-order valence-corrected chi connectivity index (χ4v) is 2.55. The van der Waals surface area contributed by atoms with Crippen molar-refractivity contribution in [1.29, 1.82) is 0 Å². The van der Waals surface area contributed by atoms with E-state index in [9.17, 15) is 0 Å². The zero-order valence-corrected chi connectivity index (χ0v) is 12.8. The number of nitrogens with one attached hydrogen (secondary N) is 1. The molecule has 1 unspecified atom stereocenters. The molecule has 2 rings (SSSR count). The van der Waals surface area contributed by atoms with Gasteiger partial charge in [-0.25, -0.2) is 0 Å². The first kappa shape index (κ1) is 15.1. The molecule has 112 valence electrons. The van der Waals surface area contributed by atoms with Crippen LogP contribution in [-0.2, 0) is 4.74 Å². The first-order valence-electron chi connectivity index (χ1n) is 7.42. The van der Waals surface area contributed by atoms with Crippen LogP contribution in [-0.4, -0.2) is 46.0 Å². The van der Waals surface area contributed by atoms with Crippen LogP contribution in [0.1, 0.15) is 18.9 Å². The highest BCUT2D eigenvalue weighted by atomic mass is 16.5. The Kier molecular flexibility index (Phi) is 5.68.